The first-order chi connectivity index (χ1) is 9.41. The zero-order chi connectivity index (χ0) is 15.1. The van der Waals surface area contributed by atoms with Crippen LogP contribution in [-0.4, -0.2) is 5.78 Å². The molecule has 0 saturated carbocycles. The lowest BCUT2D eigenvalue weighted by molar-refractivity contribution is 0.104. The Bertz CT molecular complexity index is 557. The lowest BCUT2D eigenvalue weighted by Gasteiger charge is -2.04. The molecule has 1 aromatic rings. The highest BCUT2D eigenvalue weighted by Crippen LogP contribution is 2.14. The van der Waals surface area contributed by atoms with Gasteiger partial charge in [0.1, 0.15) is 0 Å². The molecule has 1 nitrogen and oxygen atoms in total. The Kier molecular flexibility index (Phi) is 6.17. The Hall–Kier alpha value is -1.89. The molecular formula is C19H24O. The highest BCUT2D eigenvalue weighted by atomic mass is 16.1. The molecule has 0 unspecified atom stereocenters. The third kappa shape index (κ3) is 5.00. The van der Waals surface area contributed by atoms with Crippen LogP contribution in [0.1, 0.15) is 42.3 Å². The Morgan fingerprint density at radius 1 is 1.15 bits per heavy atom. The largest absolute Gasteiger partial charge is 0.289 e. The molecule has 0 spiro atoms. The third-order valence-corrected chi connectivity index (χ3v) is 3.22. The van der Waals surface area contributed by atoms with E-state index in [2.05, 4.69) is 19.9 Å². The summed E-state index contributed by atoms with van der Waals surface area (Å²) in [6.07, 6.45) is 9.70. The standard InChI is InChI=1S/C19H24O/c1-14(2)8-6-9-15(3)12-13-19(20)18-11-7-10-16(4)17(18)5/h6-14H,1-5H3. The second-order valence-corrected chi connectivity index (χ2v) is 5.48. The number of hydrogen-bond acceptors (Lipinski definition) is 1. The van der Waals surface area contributed by atoms with E-state index in [0.29, 0.717) is 5.92 Å². The van der Waals surface area contributed by atoms with Crippen LogP contribution in [0.3, 0.4) is 0 Å². The van der Waals surface area contributed by atoms with Gasteiger partial charge in [-0.15, -0.1) is 0 Å². The van der Waals surface area contributed by atoms with Crippen LogP contribution < -0.4 is 0 Å². The van der Waals surface area contributed by atoms with Crippen molar-refractivity contribution in [1.82, 2.24) is 0 Å². The molecule has 0 fully saturated rings. The van der Waals surface area contributed by atoms with Crippen LogP contribution in [-0.2, 0) is 0 Å². The Balaban J connectivity index is 2.80. The van der Waals surface area contributed by atoms with Gasteiger partial charge in [-0.1, -0.05) is 61.9 Å². The van der Waals surface area contributed by atoms with Crippen LogP contribution in [0.4, 0.5) is 0 Å². The van der Waals surface area contributed by atoms with Gasteiger partial charge in [-0.3, -0.25) is 4.79 Å². The number of allylic oxidation sites excluding steroid dienone is 6. The SMILES string of the molecule is CC(C=CC(=O)c1cccc(C)c1C)=CC=CC(C)C. The summed E-state index contributed by atoms with van der Waals surface area (Å²) < 4.78 is 0. The maximum atomic E-state index is 12.2. The molecule has 106 valence electrons. The number of aryl methyl sites for hydroxylation is 1. The van der Waals surface area contributed by atoms with Crippen LogP contribution in [0.15, 0.2) is 54.2 Å². The molecule has 1 aromatic carbocycles. The molecule has 20 heavy (non-hydrogen) atoms. The van der Waals surface area contributed by atoms with Gasteiger partial charge in [-0.2, -0.15) is 0 Å². The Morgan fingerprint density at radius 2 is 1.85 bits per heavy atom. The van der Waals surface area contributed by atoms with Crippen molar-refractivity contribution in [2.24, 2.45) is 5.92 Å². The van der Waals surface area contributed by atoms with Crippen molar-refractivity contribution in [3.05, 3.63) is 70.8 Å². The molecule has 0 radical (unpaired) electrons. The number of hydrogen-bond donors (Lipinski definition) is 0. The average Bonchev–Trinajstić information content (AvgIpc) is 2.38. The van der Waals surface area contributed by atoms with Crippen molar-refractivity contribution >= 4 is 5.78 Å². The molecule has 0 saturated heterocycles. The van der Waals surface area contributed by atoms with E-state index in [1.807, 2.05) is 57.2 Å². The van der Waals surface area contributed by atoms with Gasteiger partial charge in [0.05, 0.1) is 0 Å². The van der Waals surface area contributed by atoms with Crippen molar-refractivity contribution in [3.8, 4) is 0 Å². The molecule has 0 heterocycles. The summed E-state index contributed by atoms with van der Waals surface area (Å²) in [4.78, 5) is 12.2. The third-order valence-electron chi connectivity index (χ3n) is 3.22. The van der Waals surface area contributed by atoms with Gasteiger partial charge in [-0.05, 0) is 43.9 Å². The lowest BCUT2D eigenvalue weighted by Crippen LogP contribution is -1.99. The maximum absolute atomic E-state index is 12.2. The van der Waals surface area contributed by atoms with E-state index in [1.165, 1.54) is 0 Å². The molecule has 0 N–H and O–H groups in total. The molecule has 1 heteroatoms. The van der Waals surface area contributed by atoms with Gasteiger partial charge in [-0.25, -0.2) is 0 Å². The molecule has 0 atom stereocenters. The quantitative estimate of drug-likeness (QED) is 0.407. The van der Waals surface area contributed by atoms with E-state index in [1.54, 1.807) is 6.08 Å². The molecule has 1 rings (SSSR count). The average molecular weight is 268 g/mol. The van der Waals surface area contributed by atoms with E-state index in [9.17, 15) is 4.79 Å². The fourth-order valence-electron chi connectivity index (χ4n) is 1.80. The predicted octanol–water partition coefficient (Wildman–Crippen LogP) is 5.20. The number of rotatable bonds is 5. The zero-order valence-electron chi connectivity index (χ0n) is 13.1. The smallest absolute Gasteiger partial charge is 0.186 e. The zero-order valence-corrected chi connectivity index (χ0v) is 13.1. The van der Waals surface area contributed by atoms with Crippen molar-refractivity contribution in [2.75, 3.05) is 0 Å². The minimum atomic E-state index is 0.0618. The summed E-state index contributed by atoms with van der Waals surface area (Å²) in [5.41, 5.74) is 4.06. The maximum Gasteiger partial charge on any atom is 0.186 e. The molecule has 0 aliphatic rings. The van der Waals surface area contributed by atoms with Crippen molar-refractivity contribution in [2.45, 2.75) is 34.6 Å². The van der Waals surface area contributed by atoms with Crippen molar-refractivity contribution < 1.29 is 4.79 Å². The van der Waals surface area contributed by atoms with Gasteiger partial charge in [0.2, 0.25) is 0 Å². The van der Waals surface area contributed by atoms with Crippen molar-refractivity contribution in [3.63, 3.8) is 0 Å². The van der Waals surface area contributed by atoms with E-state index < -0.39 is 0 Å². The fraction of sp³-hybridized carbons (Fsp3) is 0.316. The van der Waals surface area contributed by atoms with Gasteiger partial charge in [0.25, 0.3) is 0 Å². The summed E-state index contributed by atoms with van der Waals surface area (Å²) in [7, 11) is 0. The van der Waals surface area contributed by atoms with Gasteiger partial charge in [0, 0.05) is 5.56 Å². The molecule has 0 aromatic heterocycles. The van der Waals surface area contributed by atoms with Gasteiger partial charge < -0.3 is 0 Å². The molecule has 0 aliphatic heterocycles. The van der Waals surface area contributed by atoms with E-state index in [4.69, 9.17) is 0 Å². The summed E-state index contributed by atoms with van der Waals surface area (Å²) in [6.45, 7) is 10.3. The fourth-order valence-corrected chi connectivity index (χ4v) is 1.80. The second-order valence-electron chi connectivity index (χ2n) is 5.48. The molecule has 0 amide bonds. The van der Waals surface area contributed by atoms with Gasteiger partial charge in [0.15, 0.2) is 5.78 Å². The molecule has 0 bridgehead atoms. The number of benzene rings is 1. The predicted molar refractivity (Wildman–Crippen MR) is 87.1 cm³/mol. The summed E-state index contributed by atoms with van der Waals surface area (Å²) in [5.74, 6) is 0.603. The van der Waals surface area contributed by atoms with Crippen LogP contribution in [0.25, 0.3) is 0 Å². The number of ketones is 1. The monoisotopic (exact) mass is 268 g/mol. The number of carbonyl (C=O) groups excluding carboxylic acids is 1. The van der Waals surface area contributed by atoms with E-state index >= 15 is 0 Å². The summed E-state index contributed by atoms with van der Waals surface area (Å²) >= 11 is 0. The second kappa shape index (κ2) is 7.64. The first-order valence-corrected chi connectivity index (χ1v) is 7.05. The highest BCUT2D eigenvalue weighted by Gasteiger charge is 2.06. The normalized spacial score (nSPS) is 12.8. The first kappa shape index (κ1) is 16.2. The van der Waals surface area contributed by atoms with Crippen molar-refractivity contribution in [1.29, 1.82) is 0 Å². The van der Waals surface area contributed by atoms with Gasteiger partial charge >= 0.3 is 0 Å². The Morgan fingerprint density at radius 3 is 2.50 bits per heavy atom. The minimum absolute atomic E-state index is 0.0618. The minimum Gasteiger partial charge on any atom is -0.289 e. The first-order valence-electron chi connectivity index (χ1n) is 7.05. The van der Waals surface area contributed by atoms with Crippen LogP contribution in [0.5, 0.6) is 0 Å². The topological polar surface area (TPSA) is 17.1 Å². The highest BCUT2D eigenvalue weighted by molar-refractivity contribution is 6.05. The Labute approximate surface area is 122 Å². The van der Waals surface area contributed by atoms with Crippen LogP contribution in [0, 0.1) is 19.8 Å². The lowest BCUT2D eigenvalue weighted by atomic mass is 10.00. The molecular weight excluding hydrogens is 244 g/mol. The number of carbonyl (C=O) groups is 1. The summed E-state index contributed by atoms with van der Waals surface area (Å²) in [5, 5.41) is 0. The summed E-state index contributed by atoms with van der Waals surface area (Å²) in [6, 6.07) is 5.84. The van der Waals surface area contributed by atoms with Crippen LogP contribution >= 0.6 is 0 Å². The molecule has 0 aliphatic carbocycles. The van der Waals surface area contributed by atoms with Crippen LogP contribution in [0.2, 0.25) is 0 Å². The van der Waals surface area contributed by atoms with E-state index in [-0.39, 0.29) is 5.78 Å². The van der Waals surface area contributed by atoms with E-state index in [0.717, 1.165) is 22.3 Å².